The molecule has 5 heteroatoms. The Morgan fingerprint density at radius 2 is 1.94 bits per heavy atom. The molecule has 0 spiro atoms. The van der Waals surface area contributed by atoms with E-state index in [1.165, 1.54) is 0 Å². The van der Waals surface area contributed by atoms with Crippen molar-refractivity contribution < 1.29 is 0 Å². The van der Waals surface area contributed by atoms with Gasteiger partial charge in [0.15, 0.2) is 0 Å². The van der Waals surface area contributed by atoms with Crippen LogP contribution in [0.15, 0.2) is 33.5 Å². The van der Waals surface area contributed by atoms with Crippen molar-refractivity contribution >= 4 is 21.7 Å². The van der Waals surface area contributed by atoms with Crippen LogP contribution in [0.25, 0.3) is 11.4 Å². The number of nitrogens with one attached hydrogen (secondary N) is 1. The zero-order chi connectivity index (χ0) is 11.7. The van der Waals surface area contributed by atoms with Crippen molar-refractivity contribution in [3.05, 3.63) is 44.7 Å². The van der Waals surface area contributed by atoms with Gasteiger partial charge in [-0.3, -0.25) is 4.79 Å². The van der Waals surface area contributed by atoms with Crippen molar-refractivity contribution in [2.75, 3.05) is 5.73 Å². The van der Waals surface area contributed by atoms with Crippen LogP contribution in [-0.2, 0) is 0 Å². The monoisotopic (exact) mass is 279 g/mol. The van der Waals surface area contributed by atoms with E-state index in [0.29, 0.717) is 11.4 Å². The Morgan fingerprint density at radius 3 is 2.50 bits per heavy atom. The fourth-order valence-electron chi connectivity index (χ4n) is 1.29. The summed E-state index contributed by atoms with van der Waals surface area (Å²) in [5.74, 6) is 0.752. The molecule has 0 saturated heterocycles. The van der Waals surface area contributed by atoms with Crippen LogP contribution < -0.4 is 11.3 Å². The van der Waals surface area contributed by atoms with Crippen LogP contribution in [0.1, 0.15) is 5.56 Å². The van der Waals surface area contributed by atoms with Gasteiger partial charge in [0.05, 0.1) is 5.56 Å². The summed E-state index contributed by atoms with van der Waals surface area (Å²) in [4.78, 5) is 18.3. The van der Waals surface area contributed by atoms with E-state index in [9.17, 15) is 4.79 Å². The fraction of sp³-hybridized carbons (Fsp3) is 0.0909. The number of aromatic nitrogens is 2. The summed E-state index contributed by atoms with van der Waals surface area (Å²) in [5, 5.41) is 0. The van der Waals surface area contributed by atoms with Crippen LogP contribution in [0.5, 0.6) is 0 Å². The van der Waals surface area contributed by atoms with Crippen molar-refractivity contribution in [2.24, 2.45) is 0 Å². The van der Waals surface area contributed by atoms with E-state index in [0.717, 1.165) is 10.0 Å². The third-order valence-corrected chi connectivity index (χ3v) is 2.84. The third-order valence-electron chi connectivity index (χ3n) is 2.31. The van der Waals surface area contributed by atoms with Gasteiger partial charge in [-0.25, -0.2) is 4.98 Å². The summed E-state index contributed by atoms with van der Waals surface area (Å²) >= 11 is 3.34. The standard InChI is InChI=1S/C11H10BrN3O/c1-6-9(13)14-10(15-11(6)16)7-2-4-8(12)5-3-7/h2-5H,1H3,(H3,13,14,15,16). The molecular formula is C11H10BrN3O. The molecule has 0 aliphatic heterocycles. The first kappa shape index (κ1) is 10.9. The van der Waals surface area contributed by atoms with Crippen LogP contribution in [-0.4, -0.2) is 9.97 Å². The van der Waals surface area contributed by atoms with Crippen molar-refractivity contribution in [2.45, 2.75) is 6.92 Å². The molecule has 0 radical (unpaired) electrons. The highest BCUT2D eigenvalue weighted by Gasteiger charge is 2.05. The molecule has 1 heterocycles. The molecule has 2 rings (SSSR count). The molecule has 3 N–H and O–H groups in total. The molecule has 0 saturated carbocycles. The number of nitrogens with two attached hydrogens (primary N) is 1. The lowest BCUT2D eigenvalue weighted by atomic mass is 10.2. The van der Waals surface area contributed by atoms with Gasteiger partial charge in [0, 0.05) is 10.0 Å². The number of nitrogen functional groups attached to an aromatic ring is 1. The Kier molecular flexibility index (Phi) is 2.78. The SMILES string of the molecule is Cc1c(N)nc(-c2ccc(Br)cc2)[nH]c1=O. The van der Waals surface area contributed by atoms with Crippen molar-refractivity contribution in [1.29, 1.82) is 0 Å². The Bertz CT molecular complexity index is 575. The van der Waals surface area contributed by atoms with Gasteiger partial charge in [0.1, 0.15) is 11.6 Å². The quantitative estimate of drug-likeness (QED) is 0.840. The number of aromatic amines is 1. The molecule has 16 heavy (non-hydrogen) atoms. The Balaban J connectivity index is 2.57. The lowest BCUT2D eigenvalue weighted by Crippen LogP contribution is -2.15. The second kappa shape index (κ2) is 4.09. The number of hydrogen-bond donors (Lipinski definition) is 2. The summed E-state index contributed by atoms with van der Waals surface area (Å²) in [6.07, 6.45) is 0. The molecule has 0 unspecified atom stereocenters. The number of anilines is 1. The minimum Gasteiger partial charge on any atom is -0.383 e. The number of nitrogens with zero attached hydrogens (tertiary/aromatic N) is 1. The molecule has 2 aromatic rings. The predicted octanol–water partition coefficient (Wildman–Crippen LogP) is 2.09. The molecular weight excluding hydrogens is 270 g/mol. The van der Waals surface area contributed by atoms with Gasteiger partial charge in [0.2, 0.25) is 0 Å². The molecule has 0 fully saturated rings. The van der Waals surface area contributed by atoms with Crippen LogP contribution >= 0.6 is 15.9 Å². The van der Waals surface area contributed by atoms with E-state index < -0.39 is 0 Å². The highest BCUT2D eigenvalue weighted by atomic mass is 79.9. The maximum atomic E-state index is 11.5. The average molecular weight is 280 g/mol. The largest absolute Gasteiger partial charge is 0.383 e. The smallest absolute Gasteiger partial charge is 0.256 e. The maximum Gasteiger partial charge on any atom is 0.256 e. The van der Waals surface area contributed by atoms with Crippen LogP contribution in [0, 0.1) is 6.92 Å². The highest BCUT2D eigenvalue weighted by Crippen LogP contribution is 2.18. The number of halogens is 1. The molecule has 0 amide bonds. The van der Waals surface area contributed by atoms with Crippen molar-refractivity contribution in [3.63, 3.8) is 0 Å². The topological polar surface area (TPSA) is 71.8 Å². The van der Waals surface area contributed by atoms with Crippen LogP contribution in [0.3, 0.4) is 0 Å². The molecule has 1 aromatic heterocycles. The van der Waals surface area contributed by atoms with Gasteiger partial charge in [-0.2, -0.15) is 0 Å². The molecule has 0 atom stereocenters. The van der Waals surface area contributed by atoms with E-state index >= 15 is 0 Å². The van der Waals surface area contributed by atoms with E-state index in [1.54, 1.807) is 6.92 Å². The number of benzene rings is 1. The molecule has 0 bridgehead atoms. The highest BCUT2D eigenvalue weighted by molar-refractivity contribution is 9.10. The lowest BCUT2D eigenvalue weighted by molar-refractivity contribution is 1.10. The van der Waals surface area contributed by atoms with E-state index in [1.807, 2.05) is 24.3 Å². The normalized spacial score (nSPS) is 10.4. The van der Waals surface area contributed by atoms with Gasteiger partial charge in [-0.05, 0) is 19.1 Å². The van der Waals surface area contributed by atoms with Crippen LogP contribution in [0.2, 0.25) is 0 Å². The van der Waals surface area contributed by atoms with E-state index in [4.69, 9.17) is 5.73 Å². The second-order valence-corrected chi connectivity index (χ2v) is 4.35. The Hall–Kier alpha value is -1.62. The Morgan fingerprint density at radius 1 is 1.31 bits per heavy atom. The second-order valence-electron chi connectivity index (χ2n) is 3.43. The summed E-state index contributed by atoms with van der Waals surface area (Å²) < 4.78 is 0.971. The minimum atomic E-state index is -0.203. The fourth-order valence-corrected chi connectivity index (χ4v) is 1.56. The van der Waals surface area contributed by atoms with Crippen molar-refractivity contribution in [1.82, 2.24) is 9.97 Å². The summed E-state index contributed by atoms with van der Waals surface area (Å²) in [6, 6.07) is 7.48. The Labute approximate surface area is 101 Å². The number of rotatable bonds is 1. The summed E-state index contributed by atoms with van der Waals surface area (Å²) in [6.45, 7) is 1.65. The average Bonchev–Trinajstić information content (AvgIpc) is 2.26. The molecule has 82 valence electrons. The molecule has 1 aromatic carbocycles. The minimum absolute atomic E-state index is 0.203. The van der Waals surface area contributed by atoms with Gasteiger partial charge in [-0.1, -0.05) is 28.1 Å². The number of H-pyrrole nitrogens is 1. The number of hydrogen-bond acceptors (Lipinski definition) is 3. The van der Waals surface area contributed by atoms with E-state index in [2.05, 4.69) is 25.9 Å². The first-order chi connectivity index (χ1) is 7.58. The van der Waals surface area contributed by atoms with Gasteiger partial charge in [0.25, 0.3) is 5.56 Å². The van der Waals surface area contributed by atoms with Crippen molar-refractivity contribution in [3.8, 4) is 11.4 Å². The zero-order valence-electron chi connectivity index (χ0n) is 8.62. The lowest BCUT2D eigenvalue weighted by Gasteiger charge is -2.03. The molecule has 0 aliphatic rings. The summed E-state index contributed by atoms with van der Waals surface area (Å²) in [7, 11) is 0. The summed E-state index contributed by atoms with van der Waals surface area (Å²) in [5.41, 5.74) is 6.72. The molecule has 0 aliphatic carbocycles. The third kappa shape index (κ3) is 1.99. The zero-order valence-corrected chi connectivity index (χ0v) is 10.2. The van der Waals surface area contributed by atoms with Gasteiger partial charge in [-0.15, -0.1) is 0 Å². The predicted molar refractivity (Wildman–Crippen MR) is 67.1 cm³/mol. The first-order valence-electron chi connectivity index (χ1n) is 4.70. The maximum absolute atomic E-state index is 11.5. The first-order valence-corrected chi connectivity index (χ1v) is 5.49. The van der Waals surface area contributed by atoms with Gasteiger partial charge >= 0.3 is 0 Å². The van der Waals surface area contributed by atoms with Crippen LogP contribution in [0.4, 0.5) is 5.82 Å². The molecule has 4 nitrogen and oxygen atoms in total. The van der Waals surface area contributed by atoms with E-state index in [-0.39, 0.29) is 11.4 Å². The van der Waals surface area contributed by atoms with Gasteiger partial charge < -0.3 is 10.7 Å².